The molecule has 0 saturated carbocycles. The van der Waals surface area contributed by atoms with Crippen LogP contribution in [0.4, 0.5) is 0 Å². The monoisotopic (exact) mass is 549 g/mol. The number of halogens is 2. The molecule has 34 heavy (non-hydrogen) atoms. The maximum atomic E-state index is 13.1. The molecule has 0 spiro atoms. The van der Waals surface area contributed by atoms with Crippen LogP contribution in [0.25, 0.3) is 0 Å². The van der Waals surface area contributed by atoms with Crippen molar-refractivity contribution in [2.45, 2.75) is 26.3 Å². The van der Waals surface area contributed by atoms with Crippen molar-refractivity contribution in [1.82, 2.24) is 4.90 Å². The number of phenolic OH excluding ortho intramolecular Hbond substituents is 1. The Kier molecular flexibility index (Phi) is 8.63. The molecule has 180 valence electrons. The number of esters is 2. The van der Waals surface area contributed by atoms with Crippen LogP contribution in [0.1, 0.15) is 30.9 Å². The van der Waals surface area contributed by atoms with Gasteiger partial charge in [-0.25, -0.2) is 9.59 Å². The predicted molar refractivity (Wildman–Crippen MR) is 132 cm³/mol. The van der Waals surface area contributed by atoms with Crippen LogP contribution < -0.4 is 4.74 Å². The highest BCUT2D eigenvalue weighted by atomic mass is 79.9. The average molecular weight is 551 g/mol. The van der Waals surface area contributed by atoms with E-state index in [9.17, 15) is 14.7 Å². The molecule has 1 heterocycles. The number of carbonyl (C=O) groups is 2. The number of nitrogens with zero attached hydrogens (tertiary/aromatic N) is 1. The average Bonchev–Trinajstić information content (AvgIpc) is 2.82. The lowest BCUT2D eigenvalue weighted by Crippen LogP contribution is -2.29. The standard InChI is InChI=1S/C25H25BrClNO6/c1-4-33-24(30)18-13-28(12-15-6-8-17(27)9-7-15)14-19(25(31)34-5-2)22(18)16-10-20(26)23(29)21(11-16)32-3/h6-11,13-14,22,29H,4-5,12H2,1-3H3. The first kappa shape index (κ1) is 25.6. The van der Waals surface area contributed by atoms with Gasteiger partial charge in [0.05, 0.1) is 41.9 Å². The summed E-state index contributed by atoms with van der Waals surface area (Å²) in [5, 5.41) is 10.9. The lowest BCUT2D eigenvalue weighted by Gasteiger charge is -2.30. The zero-order valence-corrected chi connectivity index (χ0v) is 21.4. The smallest absolute Gasteiger partial charge is 0.336 e. The number of methoxy groups -OCH3 is 1. The molecule has 0 bridgehead atoms. The van der Waals surface area contributed by atoms with Crippen LogP contribution in [-0.2, 0) is 25.6 Å². The van der Waals surface area contributed by atoms with Crippen LogP contribution in [0.2, 0.25) is 5.02 Å². The lowest BCUT2D eigenvalue weighted by atomic mass is 9.83. The summed E-state index contributed by atoms with van der Waals surface area (Å²) >= 11 is 9.32. The molecule has 0 atom stereocenters. The highest BCUT2D eigenvalue weighted by Gasteiger charge is 2.36. The summed E-state index contributed by atoms with van der Waals surface area (Å²) in [6, 6.07) is 10.5. The topological polar surface area (TPSA) is 85.3 Å². The molecule has 1 aliphatic heterocycles. The van der Waals surface area contributed by atoms with Crippen LogP contribution in [0.5, 0.6) is 11.5 Å². The van der Waals surface area contributed by atoms with Gasteiger partial charge in [-0.1, -0.05) is 23.7 Å². The Hall–Kier alpha value is -2.97. The van der Waals surface area contributed by atoms with Crippen molar-refractivity contribution in [2.75, 3.05) is 20.3 Å². The van der Waals surface area contributed by atoms with E-state index < -0.39 is 17.9 Å². The molecule has 1 aliphatic rings. The molecule has 0 saturated heterocycles. The molecule has 0 radical (unpaired) electrons. The van der Waals surface area contributed by atoms with Crippen LogP contribution in [0.15, 0.2) is 64.4 Å². The van der Waals surface area contributed by atoms with Gasteiger partial charge in [0.25, 0.3) is 0 Å². The molecule has 0 aromatic heterocycles. The molecule has 1 N–H and O–H groups in total. The molecule has 2 aromatic rings. The first-order valence-corrected chi connectivity index (χ1v) is 11.8. The van der Waals surface area contributed by atoms with E-state index in [2.05, 4.69) is 15.9 Å². The normalized spacial score (nSPS) is 13.7. The third-order valence-corrected chi connectivity index (χ3v) is 5.99. The summed E-state index contributed by atoms with van der Waals surface area (Å²) in [5.74, 6) is -1.82. The van der Waals surface area contributed by atoms with Crippen molar-refractivity contribution < 1.29 is 28.9 Å². The van der Waals surface area contributed by atoms with E-state index in [0.29, 0.717) is 21.6 Å². The summed E-state index contributed by atoms with van der Waals surface area (Å²) in [7, 11) is 1.42. The van der Waals surface area contributed by atoms with Gasteiger partial charge in [-0.2, -0.15) is 0 Å². The lowest BCUT2D eigenvalue weighted by molar-refractivity contribution is -0.139. The summed E-state index contributed by atoms with van der Waals surface area (Å²) in [6.45, 7) is 4.15. The van der Waals surface area contributed by atoms with Gasteiger partial charge in [0, 0.05) is 24.0 Å². The predicted octanol–water partition coefficient (Wildman–Crippen LogP) is 5.31. The molecule has 9 heteroatoms. The number of ether oxygens (including phenoxy) is 3. The van der Waals surface area contributed by atoms with E-state index in [-0.39, 0.29) is 35.9 Å². The molecule has 0 fully saturated rings. The van der Waals surface area contributed by atoms with Crippen LogP contribution in [0, 0.1) is 0 Å². The highest BCUT2D eigenvalue weighted by molar-refractivity contribution is 9.10. The van der Waals surface area contributed by atoms with Gasteiger partial charge in [0.15, 0.2) is 11.5 Å². The molecule has 0 amide bonds. The second-order valence-corrected chi connectivity index (χ2v) is 8.69. The van der Waals surface area contributed by atoms with Crippen LogP contribution >= 0.6 is 27.5 Å². The third-order valence-electron chi connectivity index (χ3n) is 5.14. The molecule has 7 nitrogen and oxygen atoms in total. The van der Waals surface area contributed by atoms with Crippen molar-refractivity contribution >= 4 is 39.5 Å². The van der Waals surface area contributed by atoms with Crippen LogP contribution in [-0.4, -0.2) is 42.3 Å². The molecular weight excluding hydrogens is 526 g/mol. The SMILES string of the molecule is CCOC(=O)C1=CN(Cc2ccc(Cl)cc2)C=C(C(=O)OCC)C1c1cc(Br)c(O)c(OC)c1. The Morgan fingerprint density at radius 2 is 1.59 bits per heavy atom. The Balaban J connectivity index is 2.14. The van der Waals surface area contributed by atoms with Gasteiger partial charge in [-0.05, 0) is 65.2 Å². The molecular formula is C25H25BrClNO6. The summed E-state index contributed by atoms with van der Waals surface area (Å²) < 4.78 is 16.3. The maximum absolute atomic E-state index is 13.1. The fourth-order valence-electron chi connectivity index (χ4n) is 3.65. The number of carbonyl (C=O) groups excluding carboxylic acids is 2. The second-order valence-electron chi connectivity index (χ2n) is 7.40. The number of hydrogen-bond acceptors (Lipinski definition) is 7. The van der Waals surface area contributed by atoms with E-state index in [1.54, 1.807) is 55.4 Å². The number of hydrogen-bond donors (Lipinski definition) is 1. The first-order chi connectivity index (χ1) is 16.3. The Morgan fingerprint density at radius 1 is 1.03 bits per heavy atom. The number of aromatic hydroxyl groups is 1. The van der Waals surface area contributed by atoms with E-state index in [1.807, 2.05) is 12.1 Å². The molecule has 0 aliphatic carbocycles. The van der Waals surface area contributed by atoms with E-state index in [0.717, 1.165) is 5.56 Å². The minimum Gasteiger partial charge on any atom is -0.503 e. The Labute approximate surface area is 211 Å². The second kappa shape index (κ2) is 11.4. The molecule has 2 aromatic carbocycles. The van der Waals surface area contributed by atoms with Crippen molar-refractivity contribution in [3.05, 3.63) is 80.6 Å². The maximum Gasteiger partial charge on any atom is 0.336 e. The van der Waals surface area contributed by atoms with Gasteiger partial charge in [0.2, 0.25) is 0 Å². The summed E-state index contributed by atoms with van der Waals surface area (Å²) in [5.41, 5.74) is 1.98. The molecule has 0 unspecified atom stereocenters. The zero-order chi connectivity index (χ0) is 24.8. The number of rotatable bonds is 8. The minimum atomic E-state index is -0.801. The first-order valence-electron chi connectivity index (χ1n) is 10.6. The van der Waals surface area contributed by atoms with Gasteiger partial charge >= 0.3 is 11.9 Å². The fraction of sp³-hybridized carbons (Fsp3) is 0.280. The van der Waals surface area contributed by atoms with E-state index >= 15 is 0 Å². The quantitative estimate of drug-likeness (QED) is 0.446. The zero-order valence-electron chi connectivity index (χ0n) is 19.0. The molecule has 3 rings (SSSR count). The Bertz CT molecular complexity index is 1090. The Morgan fingerprint density at radius 3 is 2.09 bits per heavy atom. The largest absolute Gasteiger partial charge is 0.503 e. The van der Waals surface area contributed by atoms with Crippen LogP contribution in [0.3, 0.4) is 0 Å². The summed E-state index contributed by atoms with van der Waals surface area (Å²) in [4.78, 5) is 27.8. The van der Waals surface area contributed by atoms with E-state index in [1.165, 1.54) is 7.11 Å². The minimum absolute atomic E-state index is 0.0882. The van der Waals surface area contributed by atoms with Crippen molar-refractivity contribution in [3.8, 4) is 11.5 Å². The highest BCUT2D eigenvalue weighted by Crippen LogP contribution is 2.43. The van der Waals surface area contributed by atoms with Crippen molar-refractivity contribution in [3.63, 3.8) is 0 Å². The third kappa shape index (κ3) is 5.74. The van der Waals surface area contributed by atoms with Gasteiger partial charge in [0.1, 0.15) is 0 Å². The van der Waals surface area contributed by atoms with Gasteiger partial charge < -0.3 is 24.2 Å². The van der Waals surface area contributed by atoms with Crippen molar-refractivity contribution in [2.24, 2.45) is 0 Å². The van der Waals surface area contributed by atoms with Gasteiger partial charge in [-0.15, -0.1) is 0 Å². The number of phenols is 1. The van der Waals surface area contributed by atoms with E-state index in [4.69, 9.17) is 25.8 Å². The fourth-order valence-corrected chi connectivity index (χ4v) is 4.23. The summed E-state index contributed by atoms with van der Waals surface area (Å²) in [6.07, 6.45) is 3.32. The number of benzene rings is 2. The van der Waals surface area contributed by atoms with Gasteiger partial charge in [-0.3, -0.25) is 0 Å². The van der Waals surface area contributed by atoms with Crippen molar-refractivity contribution in [1.29, 1.82) is 0 Å².